The highest BCUT2D eigenvalue weighted by molar-refractivity contribution is 6.84. The third kappa shape index (κ3) is 29.5. The number of ether oxygens (including phenoxy) is 2. The van der Waals surface area contributed by atoms with Gasteiger partial charge in [-0.15, -0.1) is 0 Å². The van der Waals surface area contributed by atoms with Crippen LogP contribution in [0.5, 0.6) is 0 Å². The van der Waals surface area contributed by atoms with Crippen LogP contribution in [-0.4, -0.2) is 161 Å². The highest BCUT2D eigenvalue weighted by Gasteiger charge is 2.32. The molecule has 11 heteroatoms. The molecule has 0 aromatic heterocycles. The molecule has 0 heterocycles. The molecule has 0 rings (SSSR count). The van der Waals surface area contributed by atoms with E-state index in [1.54, 1.807) is 6.92 Å². The van der Waals surface area contributed by atoms with Crippen LogP contribution >= 0.6 is 0 Å². The van der Waals surface area contributed by atoms with Crippen LogP contribution < -0.4 is 5.32 Å². The average molecular weight is 709 g/mol. The zero-order valence-electron chi connectivity index (χ0n) is 33.4. The summed E-state index contributed by atoms with van der Waals surface area (Å²) >= 11 is 0. The van der Waals surface area contributed by atoms with Crippen LogP contribution in [-0.2, 0) is 13.6 Å². The molecule has 2 atom stereocenters. The lowest BCUT2D eigenvalue weighted by atomic mass is 10.1. The van der Waals surface area contributed by atoms with E-state index >= 15 is 0 Å². The van der Waals surface area contributed by atoms with E-state index in [2.05, 4.69) is 71.5 Å². The Morgan fingerprint density at radius 2 is 1.21 bits per heavy atom. The molecular weight excluding hydrogens is 625 g/mol. The van der Waals surface area contributed by atoms with Gasteiger partial charge in [-0.2, -0.15) is 0 Å². The number of nitrogens with zero attached hydrogens (tertiary/aromatic N) is 3. The van der Waals surface area contributed by atoms with Crippen LogP contribution in [0.2, 0.25) is 38.3 Å². The zero-order chi connectivity index (χ0) is 35.8. The van der Waals surface area contributed by atoms with Crippen molar-refractivity contribution in [1.82, 2.24) is 10.2 Å². The second-order valence-corrected chi connectivity index (χ2v) is 25.6. The molecule has 2 unspecified atom stereocenters. The Morgan fingerprint density at radius 1 is 0.702 bits per heavy atom. The standard InChI is InChI=1S/C36H84N4O5Si2/c1-12-38(24-18-14-13-17-23-37-3)34-40(6,7)26-20-16-15-19-25-39(4,5)31-36(42)33-44-28-22-30-47(10,11)45-46(8,9)29-21-27-43-32-35(2)41/h35-37,41-42H,12-34H2,1-11H3/q+2. The highest BCUT2D eigenvalue weighted by atomic mass is 28.4. The molecule has 0 fully saturated rings. The minimum atomic E-state index is -1.76. The summed E-state index contributed by atoms with van der Waals surface area (Å²) in [7, 11) is 7.78. The van der Waals surface area contributed by atoms with Crippen LogP contribution in [0.3, 0.4) is 0 Å². The molecule has 0 bridgehead atoms. The van der Waals surface area contributed by atoms with Crippen molar-refractivity contribution in [2.24, 2.45) is 0 Å². The predicted molar refractivity (Wildman–Crippen MR) is 206 cm³/mol. The first-order chi connectivity index (χ1) is 21.9. The van der Waals surface area contributed by atoms with Crippen molar-refractivity contribution in [1.29, 1.82) is 0 Å². The number of aliphatic hydroxyl groups excluding tert-OH is 2. The molecule has 0 aromatic carbocycles. The van der Waals surface area contributed by atoms with Gasteiger partial charge in [-0.05, 0) is 110 Å². The number of aliphatic hydroxyl groups is 2. The van der Waals surface area contributed by atoms with E-state index in [1.165, 1.54) is 64.5 Å². The Hall–Kier alpha value is 0.0738. The van der Waals surface area contributed by atoms with Gasteiger partial charge in [0, 0.05) is 26.3 Å². The second kappa shape index (κ2) is 25.9. The van der Waals surface area contributed by atoms with Gasteiger partial charge < -0.3 is 38.1 Å². The number of likely N-dealkylation sites (N-methyl/N-ethyl adjacent to an activating group) is 1. The molecule has 0 aliphatic heterocycles. The van der Waals surface area contributed by atoms with Crippen molar-refractivity contribution >= 4 is 16.6 Å². The maximum Gasteiger partial charge on any atom is 0.173 e. The Labute approximate surface area is 295 Å². The monoisotopic (exact) mass is 709 g/mol. The normalized spacial score (nSPS) is 14.7. The summed E-state index contributed by atoms with van der Waals surface area (Å²) < 4.78 is 20.1. The first-order valence-electron chi connectivity index (χ1n) is 19.2. The molecule has 9 nitrogen and oxygen atoms in total. The predicted octanol–water partition coefficient (Wildman–Crippen LogP) is 5.74. The maximum absolute atomic E-state index is 10.7. The van der Waals surface area contributed by atoms with Crippen molar-refractivity contribution in [2.45, 2.75) is 129 Å². The third-order valence-corrected chi connectivity index (χ3v) is 16.6. The van der Waals surface area contributed by atoms with Crippen molar-refractivity contribution < 1.29 is 32.8 Å². The minimum absolute atomic E-state index is 0.403. The fourth-order valence-corrected chi connectivity index (χ4v) is 15.4. The lowest BCUT2D eigenvalue weighted by molar-refractivity contribution is -0.900. The second-order valence-electron chi connectivity index (χ2n) is 16.8. The molecular formula is C36H84N4O5Si2+2. The van der Waals surface area contributed by atoms with Crippen LogP contribution in [0.4, 0.5) is 0 Å². The van der Waals surface area contributed by atoms with Gasteiger partial charge in [-0.25, -0.2) is 0 Å². The minimum Gasteiger partial charge on any atom is -0.455 e. The van der Waals surface area contributed by atoms with E-state index in [9.17, 15) is 10.2 Å². The van der Waals surface area contributed by atoms with Crippen molar-refractivity contribution in [3.8, 4) is 0 Å². The van der Waals surface area contributed by atoms with E-state index < -0.39 is 28.8 Å². The first-order valence-corrected chi connectivity index (χ1v) is 25.4. The van der Waals surface area contributed by atoms with Crippen LogP contribution in [0.15, 0.2) is 0 Å². The fraction of sp³-hybridized carbons (Fsp3) is 1.00. The van der Waals surface area contributed by atoms with Crippen molar-refractivity contribution in [2.75, 3.05) is 108 Å². The van der Waals surface area contributed by atoms with Crippen LogP contribution in [0.25, 0.3) is 0 Å². The Bertz CT molecular complexity index is 744. The molecule has 0 radical (unpaired) electrons. The third-order valence-electron chi connectivity index (χ3n) is 9.02. The van der Waals surface area contributed by atoms with Crippen molar-refractivity contribution in [3.63, 3.8) is 0 Å². The van der Waals surface area contributed by atoms with Gasteiger partial charge in [0.1, 0.15) is 19.3 Å². The van der Waals surface area contributed by atoms with Gasteiger partial charge in [0.25, 0.3) is 0 Å². The van der Waals surface area contributed by atoms with Gasteiger partial charge in [-0.1, -0.05) is 19.8 Å². The Morgan fingerprint density at radius 3 is 1.74 bits per heavy atom. The number of rotatable bonds is 33. The van der Waals surface area contributed by atoms with E-state index in [0.717, 1.165) is 66.7 Å². The van der Waals surface area contributed by atoms with Gasteiger partial charge in [0.15, 0.2) is 16.6 Å². The molecule has 284 valence electrons. The van der Waals surface area contributed by atoms with Gasteiger partial charge in [0.2, 0.25) is 0 Å². The van der Waals surface area contributed by atoms with Gasteiger partial charge in [0.05, 0.1) is 60.6 Å². The summed E-state index contributed by atoms with van der Waals surface area (Å²) in [6, 6.07) is 2.15. The summed E-state index contributed by atoms with van der Waals surface area (Å²) in [5.41, 5.74) is 0. The van der Waals surface area contributed by atoms with E-state index in [0.29, 0.717) is 26.4 Å². The molecule has 0 saturated heterocycles. The topological polar surface area (TPSA) is 83.4 Å². The molecule has 0 saturated carbocycles. The molecule has 0 spiro atoms. The molecule has 0 aliphatic rings. The van der Waals surface area contributed by atoms with E-state index in [1.807, 2.05) is 7.05 Å². The number of quaternary nitrogens is 2. The Kier molecular flexibility index (Phi) is 26.0. The molecule has 3 N–H and O–H groups in total. The van der Waals surface area contributed by atoms with Crippen LogP contribution in [0, 0.1) is 0 Å². The fourth-order valence-electron chi connectivity index (χ4n) is 6.60. The van der Waals surface area contributed by atoms with E-state index in [-0.39, 0.29) is 0 Å². The smallest absolute Gasteiger partial charge is 0.173 e. The van der Waals surface area contributed by atoms with E-state index in [4.69, 9.17) is 13.6 Å². The summed E-state index contributed by atoms with van der Waals surface area (Å²) in [5, 5.41) is 23.3. The number of hydrogen-bond acceptors (Lipinski definition) is 7. The van der Waals surface area contributed by atoms with Crippen molar-refractivity contribution in [3.05, 3.63) is 0 Å². The average Bonchev–Trinajstić information content (AvgIpc) is 2.94. The maximum atomic E-state index is 10.7. The SMILES string of the molecule is CCN(CCCCCCNC)C[N+](C)(C)CCCCCC[N+](C)(C)CC(O)COCCC[Si](C)(C)O[Si](C)(C)CCCOCC(C)O. The number of nitrogens with one attached hydrogen (secondary N) is 1. The molecule has 47 heavy (non-hydrogen) atoms. The number of unbranched alkanes of at least 4 members (excludes halogenated alkanes) is 6. The molecule has 0 aliphatic carbocycles. The largest absolute Gasteiger partial charge is 0.455 e. The molecule has 0 amide bonds. The van der Waals surface area contributed by atoms with Gasteiger partial charge in [-0.3, -0.25) is 4.90 Å². The lowest BCUT2D eigenvalue weighted by Crippen LogP contribution is -2.49. The highest BCUT2D eigenvalue weighted by Crippen LogP contribution is 2.24. The van der Waals surface area contributed by atoms with Crippen LogP contribution in [0.1, 0.15) is 78.1 Å². The first kappa shape index (κ1) is 47.1. The summed E-state index contributed by atoms with van der Waals surface area (Å²) in [6.07, 6.45) is 11.4. The number of hydrogen-bond donors (Lipinski definition) is 3. The van der Waals surface area contributed by atoms with Gasteiger partial charge >= 0.3 is 0 Å². The quantitative estimate of drug-likeness (QED) is 0.0347. The summed E-state index contributed by atoms with van der Waals surface area (Å²) in [4.78, 5) is 2.63. The zero-order valence-corrected chi connectivity index (χ0v) is 35.4. The Balaban J connectivity index is 4.10. The summed E-state index contributed by atoms with van der Waals surface area (Å²) in [5.74, 6) is 0. The summed E-state index contributed by atoms with van der Waals surface area (Å²) in [6.45, 7) is 23.2. The molecule has 0 aromatic rings. The lowest BCUT2D eigenvalue weighted by Gasteiger charge is -2.35.